The quantitative estimate of drug-likeness (QED) is 0.335. The van der Waals surface area contributed by atoms with Crippen LogP contribution in [0, 0.1) is 0 Å². The standard InChI is InChI=1S/C23H18ClF2N3O3S/c1-13-11-31-12-20-28-18-10-14(9-17(21(18)29(13)20)19-3-2-8-33-19)22(30)27-15-4-6-16(7-5-15)32-23(24,25)26/h2-10,13H,11-12H2,1H3,(H,27,30)/t13-/m1/s1. The predicted octanol–water partition coefficient (Wildman–Crippen LogP) is 6.28. The molecule has 33 heavy (non-hydrogen) atoms. The van der Waals surface area contributed by atoms with Crippen molar-refractivity contribution in [3.05, 3.63) is 65.3 Å². The molecule has 0 saturated heterocycles. The van der Waals surface area contributed by atoms with Gasteiger partial charge in [0.25, 0.3) is 5.91 Å². The van der Waals surface area contributed by atoms with Crippen molar-refractivity contribution in [2.75, 3.05) is 11.9 Å². The van der Waals surface area contributed by atoms with Crippen molar-refractivity contribution in [3.63, 3.8) is 0 Å². The summed E-state index contributed by atoms with van der Waals surface area (Å²) in [7, 11) is 0. The lowest BCUT2D eigenvalue weighted by Gasteiger charge is -2.23. The van der Waals surface area contributed by atoms with Crippen LogP contribution in [0.3, 0.4) is 0 Å². The summed E-state index contributed by atoms with van der Waals surface area (Å²) in [4.78, 5) is 18.8. The average Bonchev–Trinajstić information content (AvgIpc) is 3.41. The number of thiophene rings is 1. The van der Waals surface area contributed by atoms with Gasteiger partial charge >= 0.3 is 5.57 Å². The number of rotatable bonds is 5. The minimum absolute atomic E-state index is 0.116. The lowest BCUT2D eigenvalue weighted by Crippen LogP contribution is -2.21. The summed E-state index contributed by atoms with van der Waals surface area (Å²) in [6, 6.07) is 13.2. The van der Waals surface area contributed by atoms with Crippen LogP contribution in [0.5, 0.6) is 5.75 Å². The van der Waals surface area contributed by atoms with Gasteiger partial charge < -0.3 is 19.4 Å². The van der Waals surface area contributed by atoms with Crippen molar-refractivity contribution in [2.24, 2.45) is 0 Å². The Kier molecular flexibility index (Phi) is 5.55. The molecule has 2 aromatic carbocycles. The van der Waals surface area contributed by atoms with Crippen LogP contribution in [0.2, 0.25) is 0 Å². The second kappa shape index (κ2) is 8.40. The largest absolute Gasteiger partial charge is 0.487 e. The normalized spacial score (nSPS) is 15.9. The fraction of sp³-hybridized carbons (Fsp3) is 0.217. The van der Waals surface area contributed by atoms with Crippen molar-refractivity contribution in [1.82, 2.24) is 9.55 Å². The van der Waals surface area contributed by atoms with Crippen LogP contribution in [0.4, 0.5) is 14.5 Å². The van der Waals surface area contributed by atoms with Crippen LogP contribution in [-0.4, -0.2) is 27.6 Å². The molecule has 0 aliphatic carbocycles. The summed E-state index contributed by atoms with van der Waals surface area (Å²) in [6.45, 7) is 3.09. The van der Waals surface area contributed by atoms with Crippen LogP contribution < -0.4 is 10.1 Å². The van der Waals surface area contributed by atoms with E-state index in [0.29, 0.717) is 30.0 Å². The Morgan fingerprint density at radius 1 is 1.30 bits per heavy atom. The number of ether oxygens (including phenoxy) is 2. The molecular formula is C23H18ClF2N3O3S. The molecule has 0 spiro atoms. The van der Waals surface area contributed by atoms with Crippen molar-refractivity contribution < 1.29 is 23.0 Å². The predicted molar refractivity (Wildman–Crippen MR) is 123 cm³/mol. The number of anilines is 1. The number of halogens is 3. The molecule has 1 aliphatic heterocycles. The van der Waals surface area contributed by atoms with Crippen molar-refractivity contribution >= 4 is 45.6 Å². The zero-order chi connectivity index (χ0) is 23.2. The number of carbonyl (C=O) groups excluding carboxylic acids is 1. The monoisotopic (exact) mass is 489 g/mol. The molecule has 1 amide bonds. The maximum Gasteiger partial charge on any atom is 0.487 e. The maximum absolute atomic E-state index is 13.1. The summed E-state index contributed by atoms with van der Waals surface area (Å²) >= 11 is 6.37. The molecule has 1 atom stereocenters. The first kappa shape index (κ1) is 21.8. The number of hydrogen-bond donors (Lipinski definition) is 1. The Morgan fingerprint density at radius 2 is 2.09 bits per heavy atom. The molecule has 0 bridgehead atoms. The number of hydrogen-bond acceptors (Lipinski definition) is 5. The summed E-state index contributed by atoms with van der Waals surface area (Å²) < 4.78 is 37.7. The van der Waals surface area contributed by atoms with E-state index < -0.39 is 5.57 Å². The van der Waals surface area contributed by atoms with E-state index in [-0.39, 0.29) is 17.7 Å². The van der Waals surface area contributed by atoms with E-state index in [0.717, 1.165) is 21.8 Å². The third-order valence-electron chi connectivity index (χ3n) is 5.28. The molecule has 6 nitrogen and oxygen atoms in total. The molecule has 10 heteroatoms. The molecule has 0 fully saturated rings. The molecule has 2 aromatic heterocycles. The average molecular weight is 490 g/mol. The van der Waals surface area contributed by atoms with Crippen LogP contribution in [0.25, 0.3) is 21.5 Å². The maximum atomic E-state index is 13.1. The number of nitrogens with one attached hydrogen (secondary N) is 1. The SMILES string of the molecule is C[C@@H]1COCc2nc3cc(C(=O)Nc4ccc(OC(F)(F)Cl)cc4)cc(-c4cccs4)c3n21. The first-order valence-electron chi connectivity index (χ1n) is 10.1. The highest BCUT2D eigenvalue weighted by Crippen LogP contribution is 2.37. The van der Waals surface area contributed by atoms with E-state index in [4.69, 9.17) is 21.3 Å². The van der Waals surface area contributed by atoms with E-state index in [1.54, 1.807) is 17.4 Å². The van der Waals surface area contributed by atoms with Gasteiger partial charge in [-0.05, 0) is 54.8 Å². The number of aromatic nitrogens is 2. The zero-order valence-electron chi connectivity index (χ0n) is 17.3. The van der Waals surface area contributed by atoms with E-state index in [1.807, 2.05) is 23.6 Å². The van der Waals surface area contributed by atoms with E-state index in [9.17, 15) is 13.6 Å². The molecule has 0 unspecified atom stereocenters. The number of fused-ring (bicyclic) bond motifs is 3. The highest BCUT2D eigenvalue weighted by Gasteiger charge is 2.28. The van der Waals surface area contributed by atoms with Gasteiger partial charge in [0.05, 0.1) is 23.7 Å². The number of amides is 1. The van der Waals surface area contributed by atoms with Crippen LogP contribution >= 0.6 is 22.9 Å². The van der Waals surface area contributed by atoms with Crippen molar-refractivity contribution in [2.45, 2.75) is 25.1 Å². The molecule has 4 aromatic rings. The molecule has 170 valence electrons. The fourth-order valence-corrected chi connectivity index (χ4v) is 4.78. The third kappa shape index (κ3) is 4.44. The minimum Gasteiger partial charge on any atom is -0.420 e. The lowest BCUT2D eigenvalue weighted by molar-refractivity contribution is -0.0964. The van der Waals surface area contributed by atoms with Gasteiger partial charge in [-0.15, -0.1) is 20.1 Å². The Balaban J connectivity index is 1.50. The zero-order valence-corrected chi connectivity index (χ0v) is 18.9. The molecule has 1 N–H and O–H groups in total. The summed E-state index contributed by atoms with van der Waals surface area (Å²) in [5, 5.41) is 4.77. The Labute approximate surface area is 196 Å². The van der Waals surface area contributed by atoms with Gasteiger partial charge in [-0.25, -0.2) is 4.98 Å². The Hall–Kier alpha value is -3.01. The van der Waals surface area contributed by atoms with E-state index >= 15 is 0 Å². The van der Waals surface area contributed by atoms with Crippen molar-refractivity contribution in [3.8, 4) is 16.2 Å². The second-order valence-electron chi connectivity index (χ2n) is 7.66. The molecular weight excluding hydrogens is 472 g/mol. The van der Waals surface area contributed by atoms with Gasteiger partial charge in [0.1, 0.15) is 18.2 Å². The highest BCUT2D eigenvalue weighted by molar-refractivity contribution is 7.13. The van der Waals surface area contributed by atoms with Gasteiger partial charge in [-0.3, -0.25) is 4.79 Å². The number of nitrogens with zero attached hydrogens (tertiary/aromatic N) is 2. The molecule has 5 rings (SSSR count). The van der Waals surface area contributed by atoms with Crippen LogP contribution in [0.1, 0.15) is 29.1 Å². The number of benzene rings is 2. The molecule has 1 aliphatic rings. The summed E-state index contributed by atoms with van der Waals surface area (Å²) in [5.41, 5.74) is -0.329. The highest BCUT2D eigenvalue weighted by atomic mass is 35.5. The first-order valence-corrected chi connectivity index (χ1v) is 11.4. The van der Waals surface area contributed by atoms with E-state index in [2.05, 4.69) is 21.5 Å². The smallest absolute Gasteiger partial charge is 0.420 e. The van der Waals surface area contributed by atoms with Crippen molar-refractivity contribution in [1.29, 1.82) is 0 Å². The van der Waals surface area contributed by atoms with Crippen LogP contribution in [0.15, 0.2) is 53.9 Å². The number of carbonyl (C=O) groups is 1. The number of imidazole rings is 1. The van der Waals surface area contributed by atoms with Crippen LogP contribution in [-0.2, 0) is 11.3 Å². The van der Waals surface area contributed by atoms with Gasteiger partial charge in [0, 0.05) is 33.3 Å². The summed E-state index contributed by atoms with van der Waals surface area (Å²) in [5.74, 6) is 0.362. The Bertz CT molecular complexity index is 1320. The fourth-order valence-electron chi connectivity index (χ4n) is 3.95. The Morgan fingerprint density at radius 3 is 2.79 bits per heavy atom. The summed E-state index contributed by atoms with van der Waals surface area (Å²) in [6.07, 6.45) is 0. The molecule has 0 saturated carbocycles. The topological polar surface area (TPSA) is 65.4 Å². The first-order chi connectivity index (χ1) is 15.8. The van der Waals surface area contributed by atoms with Gasteiger partial charge in [0.15, 0.2) is 0 Å². The van der Waals surface area contributed by atoms with Gasteiger partial charge in [-0.2, -0.15) is 0 Å². The van der Waals surface area contributed by atoms with Gasteiger partial charge in [-0.1, -0.05) is 6.07 Å². The lowest BCUT2D eigenvalue weighted by atomic mass is 10.1. The van der Waals surface area contributed by atoms with E-state index in [1.165, 1.54) is 24.3 Å². The minimum atomic E-state index is -3.80. The molecule has 0 radical (unpaired) electrons. The second-order valence-corrected chi connectivity index (χ2v) is 9.05. The number of alkyl halides is 3. The van der Waals surface area contributed by atoms with Gasteiger partial charge in [0.2, 0.25) is 0 Å². The molecule has 3 heterocycles. The third-order valence-corrected chi connectivity index (χ3v) is 6.26.